The summed E-state index contributed by atoms with van der Waals surface area (Å²) in [6, 6.07) is 14.2. The molecule has 1 amide bonds. The molecule has 2 aromatic rings. The minimum Gasteiger partial charge on any atom is -0.337 e. The molecule has 1 saturated heterocycles. The zero-order valence-corrected chi connectivity index (χ0v) is 15.4. The van der Waals surface area contributed by atoms with Crippen LogP contribution in [0.1, 0.15) is 26.1 Å². The van der Waals surface area contributed by atoms with Gasteiger partial charge in [0.15, 0.2) is 0 Å². The fraction of sp³-hybridized carbons (Fsp3) is 0.278. The second kappa shape index (κ2) is 7.93. The zero-order chi connectivity index (χ0) is 17.8. The van der Waals surface area contributed by atoms with Gasteiger partial charge in [0.1, 0.15) is 0 Å². The lowest BCUT2D eigenvalue weighted by atomic mass is 10.1. The Morgan fingerprint density at radius 3 is 2.44 bits per heavy atom. The molecule has 0 unspecified atom stereocenters. The van der Waals surface area contributed by atoms with E-state index in [0.717, 1.165) is 11.5 Å². The summed E-state index contributed by atoms with van der Waals surface area (Å²) in [4.78, 5) is 24.8. The van der Waals surface area contributed by atoms with E-state index < -0.39 is 4.92 Å². The van der Waals surface area contributed by atoms with Gasteiger partial charge in [-0.2, -0.15) is 0 Å². The Morgan fingerprint density at radius 1 is 1.16 bits per heavy atom. The fourth-order valence-corrected chi connectivity index (χ4v) is 5.56. The molecule has 0 aliphatic carbocycles. The van der Waals surface area contributed by atoms with E-state index in [9.17, 15) is 14.9 Å². The van der Waals surface area contributed by atoms with E-state index >= 15 is 0 Å². The fourth-order valence-electron chi connectivity index (χ4n) is 2.70. The van der Waals surface area contributed by atoms with Gasteiger partial charge >= 0.3 is 0 Å². The number of benzene rings is 2. The first-order valence-corrected chi connectivity index (χ1v) is 9.97. The van der Waals surface area contributed by atoms with Crippen LogP contribution in [0, 0.1) is 10.1 Å². The predicted molar refractivity (Wildman–Crippen MR) is 103 cm³/mol. The SMILES string of the molecule is CN(Cc1ccccc1[N+](=O)[O-])C(=O)c1ccc(C2SCCS2)cc1. The molecule has 3 rings (SSSR count). The lowest BCUT2D eigenvalue weighted by Crippen LogP contribution is -2.26. The van der Waals surface area contributed by atoms with Crippen LogP contribution in [0.25, 0.3) is 0 Å². The summed E-state index contributed by atoms with van der Waals surface area (Å²) in [5.41, 5.74) is 2.38. The lowest BCUT2D eigenvalue weighted by Gasteiger charge is -2.18. The highest BCUT2D eigenvalue weighted by Gasteiger charge is 2.20. The predicted octanol–water partition coefficient (Wildman–Crippen LogP) is 4.35. The Bertz CT molecular complexity index is 774. The summed E-state index contributed by atoms with van der Waals surface area (Å²) in [7, 11) is 1.66. The van der Waals surface area contributed by atoms with Gasteiger partial charge in [-0.15, -0.1) is 23.5 Å². The van der Waals surface area contributed by atoms with Gasteiger partial charge in [0, 0.05) is 35.7 Å². The van der Waals surface area contributed by atoms with Crippen molar-refractivity contribution in [1.82, 2.24) is 4.90 Å². The van der Waals surface area contributed by atoms with Crippen molar-refractivity contribution in [2.24, 2.45) is 0 Å². The number of amides is 1. The summed E-state index contributed by atoms with van der Waals surface area (Å²) >= 11 is 3.85. The minimum atomic E-state index is -0.417. The van der Waals surface area contributed by atoms with E-state index in [1.54, 1.807) is 25.2 Å². The Kier molecular flexibility index (Phi) is 5.65. The molecule has 0 bridgehead atoms. The van der Waals surface area contributed by atoms with Crippen LogP contribution in [0.15, 0.2) is 48.5 Å². The van der Waals surface area contributed by atoms with Crippen LogP contribution in [-0.4, -0.2) is 34.3 Å². The molecule has 0 spiro atoms. The Morgan fingerprint density at radius 2 is 1.80 bits per heavy atom. The third kappa shape index (κ3) is 4.16. The van der Waals surface area contributed by atoms with Crippen LogP contribution >= 0.6 is 23.5 Å². The molecule has 0 radical (unpaired) electrons. The summed E-state index contributed by atoms with van der Waals surface area (Å²) in [5, 5.41) is 11.1. The standard InChI is InChI=1S/C18H18N2O3S2/c1-19(12-15-4-2-3-5-16(15)20(22)23)17(21)13-6-8-14(9-7-13)18-24-10-11-25-18/h2-9,18H,10-12H2,1H3. The van der Waals surface area contributed by atoms with Gasteiger partial charge in [-0.25, -0.2) is 0 Å². The summed E-state index contributed by atoms with van der Waals surface area (Å²) < 4.78 is 0.453. The van der Waals surface area contributed by atoms with Crippen molar-refractivity contribution in [3.8, 4) is 0 Å². The third-order valence-electron chi connectivity index (χ3n) is 3.99. The van der Waals surface area contributed by atoms with Gasteiger partial charge in [0.25, 0.3) is 11.6 Å². The normalized spacial score (nSPS) is 14.4. The molecule has 130 valence electrons. The molecule has 1 heterocycles. The van der Waals surface area contributed by atoms with E-state index in [4.69, 9.17) is 0 Å². The summed E-state index contributed by atoms with van der Waals surface area (Å²) in [6.45, 7) is 0.200. The van der Waals surface area contributed by atoms with Crippen molar-refractivity contribution in [2.75, 3.05) is 18.6 Å². The second-order valence-corrected chi connectivity index (χ2v) is 8.47. The molecule has 0 atom stereocenters. The van der Waals surface area contributed by atoms with Gasteiger partial charge < -0.3 is 4.90 Å². The average Bonchev–Trinajstić information content (AvgIpc) is 3.16. The highest BCUT2D eigenvalue weighted by Crippen LogP contribution is 2.45. The molecular weight excluding hydrogens is 356 g/mol. The maximum atomic E-state index is 12.6. The van der Waals surface area contributed by atoms with Crippen LogP contribution in [0.2, 0.25) is 0 Å². The number of carbonyl (C=O) groups excluding carboxylic acids is 1. The number of nitrogens with zero attached hydrogens (tertiary/aromatic N) is 2. The smallest absolute Gasteiger partial charge is 0.274 e. The molecular formula is C18H18N2O3S2. The van der Waals surface area contributed by atoms with Crippen LogP contribution in [0.4, 0.5) is 5.69 Å². The topological polar surface area (TPSA) is 63.4 Å². The quantitative estimate of drug-likeness (QED) is 0.575. The number of thioether (sulfide) groups is 2. The van der Waals surface area contributed by atoms with Gasteiger partial charge in [0.05, 0.1) is 16.1 Å². The highest BCUT2D eigenvalue weighted by molar-refractivity contribution is 8.19. The number of carbonyl (C=O) groups is 1. The Labute approximate surface area is 154 Å². The number of para-hydroxylation sites is 1. The van der Waals surface area contributed by atoms with E-state index in [2.05, 4.69) is 0 Å². The van der Waals surface area contributed by atoms with Gasteiger partial charge in [-0.05, 0) is 17.7 Å². The van der Waals surface area contributed by atoms with Crippen LogP contribution < -0.4 is 0 Å². The van der Waals surface area contributed by atoms with Crippen molar-refractivity contribution in [2.45, 2.75) is 11.1 Å². The minimum absolute atomic E-state index is 0.0350. The van der Waals surface area contributed by atoms with Crippen molar-refractivity contribution in [3.05, 3.63) is 75.3 Å². The second-order valence-electron chi connectivity index (χ2n) is 5.74. The molecule has 0 saturated carbocycles. The zero-order valence-electron chi connectivity index (χ0n) is 13.8. The van der Waals surface area contributed by atoms with Gasteiger partial charge in [-0.3, -0.25) is 14.9 Å². The van der Waals surface area contributed by atoms with Crippen LogP contribution in [0.5, 0.6) is 0 Å². The first-order chi connectivity index (χ1) is 12.1. The first-order valence-electron chi connectivity index (χ1n) is 7.87. The average molecular weight is 374 g/mol. The van der Waals surface area contributed by atoms with E-state index in [1.807, 2.05) is 47.8 Å². The lowest BCUT2D eigenvalue weighted by molar-refractivity contribution is -0.385. The highest BCUT2D eigenvalue weighted by atomic mass is 32.2. The third-order valence-corrected chi connectivity index (χ3v) is 7.10. The van der Waals surface area contributed by atoms with Crippen LogP contribution in [-0.2, 0) is 6.54 Å². The monoisotopic (exact) mass is 374 g/mol. The number of hydrogen-bond donors (Lipinski definition) is 0. The van der Waals surface area contributed by atoms with Gasteiger partial charge in [0.2, 0.25) is 0 Å². The summed E-state index contributed by atoms with van der Waals surface area (Å²) in [6.07, 6.45) is 0. The Balaban J connectivity index is 1.71. The first kappa shape index (κ1) is 17.8. The molecule has 5 nitrogen and oxygen atoms in total. The molecule has 7 heteroatoms. The van der Waals surface area contributed by atoms with Crippen molar-refractivity contribution >= 4 is 35.1 Å². The van der Waals surface area contributed by atoms with Gasteiger partial charge in [-0.1, -0.05) is 30.3 Å². The van der Waals surface area contributed by atoms with Crippen LogP contribution in [0.3, 0.4) is 0 Å². The van der Waals surface area contributed by atoms with E-state index in [1.165, 1.54) is 16.5 Å². The molecule has 25 heavy (non-hydrogen) atoms. The molecule has 0 N–H and O–H groups in total. The molecule has 0 aromatic heterocycles. The molecule has 2 aromatic carbocycles. The molecule has 1 aliphatic rings. The number of rotatable bonds is 5. The maximum absolute atomic E-state index is 12.6. The maximum Gasteiger partial charge on any atom is 0.274 e. The van der Waals surface area contributed by atoms with E-state index in [-0.39, 0.29) is 18.1 Å². The number of hydrogen-bond acceptors (Lipinski definition) is 5. The number of nitro groups is 1. The Hall–Kier alpha value is -1.99. The van der Waals surface area contributed by atoms with Crippen molar-refractivity contribution in [1.29, 1.82) is 0 Å². The molecule has 1 aliphatic heterocycles. The largest absolute Gasteiger partial charge is 0.337 e. The molecule has 1 fully saturated rings. The van der Waals surface area contributed by atoms with Crippen molar-refractivity contribution < 1.29 is 9.72 Å². The number of nitro benzene ring substituents is 1. The van der Waals surface area contributed by atoms with E-state index in [0.29, 0.717) is 15.7 Å². The summed E-state index contributed by atoms with van der Waals surface area (Å²) in [5.74, 6) is 2.18. The van der Waals surface area contributed by atoms with Crippen molar-refractivity contribution in [3.63, 3.8) is 0 Å².